The zero-order chi connectivity index (χ0) is 22.6. The Morgan fingerprint density at radius 2 is 1.64 bits per heavy atom. The van der Waals surface area contributed by atoms with E-state index in [-0.39, 0.29) is 0 Å². The molecule has 0 amide bonds. The first-order chi connectivity index (χ1) is 16.2. The second-order valence-corrected chi connectivity index (χ2v) is 8.53. The molecule has 0 bridgehead atoms. The van der Waals surface area contributed by atoms with Crippen LogP contribution in [0.5, 0.6) is 5.75 Å². The molecule has 33 heavy (non-hydrogen) atoms. The maximum atomic E-state index is 10.8. The van der Waals surface area contributed by atoms with Crippen molar-refractivity contribution >= 4 is 0 Å². The van der Waals surface area contributed by atoms with Crippen LogP contribution in [0.25, 0.3) is 5.69 Å². The summed E-state index contributed by atoms with van der Waals surface area (Å²) in [6, 6.07) is 28.7. The van der Waals surface area contributed by atoms with Crippen LogP contribution in [0, 0.1) is 0 Å². The second-order valence-electron chi connectivity index (χ2n) is 8.53. The summed E-state index contributed by atoms with van der Waals surface area (Å²) in [4.78, 5) is 7.40. The normalized spacial score (nSPS) is 14.6. The number of imidazole rings is 1. The van der Waals surface area contributed by atoms with Crippen molar-refractivity contribution in [3.8, 4) is 11.4 Å². The predicted octanol–water partition coefficient (Wildman–Crippen LogP) is 4.56. The molecule has 1 atom stereocenters. The summed E-state index contributed by atoms with van der Waals surface area (Å²) in [6.07, 6.45) is 1.15. The van der Waals surface area contributed by atoms with E-state index in [9.17, 15) is 5.11 Å². The van der Waals surface area contributed by atoms with Crippen LogP contribution in [0.2, 0.25) is 0 Å². The van der Waals surface area contributed by atoms with Gasteiger partial charge in [0.1, 0.15) is 11.6 Å². The highest BCUT2D eigenvalue weighted by Crippen LogP contribution is 2.27. The Morgan fingerprint density at radius 1 is 0.939 bits per heavy atom. The highest BCUT2D eigenvalue weighted by molar-refractivity contribution is 5.40. The fourth-order valence-electron chi connectivity index (χ4n) is 4.60. The number of methoxy groups -OCH3 is 1. The lowest BCUT2D eigenvalue weighted by molar-refractivity contribution is 0.105. The molecule has 0 fully saturated rings. The van der Waals surface area contributed by atoms with Gasteiger partial charge in [0, 0.05) is 43.9 Å². The van der Waals surface area contributed by atoms with Crippen molar-refractivity contribution in [2.75, 3.05) is 20.2 Å². The molecule has 2 heterocycles. The maximum absolute atomic E-state index is 10.8. The monoisotopic (exact) mass is 439 g/mol. The SMILES string of the molecule is COc1ccc([C@@H](O)CN2CCc3c(nc(Cc4ccccc4)n3-c3ccccc3)C2)cc1. The lowest BCUT2D eigenvalue weighted by Crippen LogP contribution is -2.34. The summed E-state index contributed by atoms with van der Waals surface area (Å²) >= 11 is 0. The highest BCUT2D eigenvalue weighted by Gasteiger charge is 2.26. The Labute approximate surface area is 194 Å². The number of hydrogen-bond acceptors (Lipinski definition) is 4. The van der Waals surface area contributed by atoms with Gasteiger partial charge in [-0.3, -0.25) is 4.90 Å². The van der Waals surface area contributed by atoms with Gasteiger partial charge in [-0.2, -0.15) is 0 Å². The third-order valence-corrected chi connectivity index (χ3v) is 6.31. The largest absolute Gasteiger partial charge is 0.497 e. The third-order valence-electron chi connectivity index (χ3n) is 6.31. The van der Waals surface area contributed by atoms with Crippen molar-refractivity contribution in [1.29, 1.82) is 0 Å². The fraction of sp³-hybridized carbons (Fsp3) is 0.250. The van der Waals surface area contributed by atoms with Gasteiger partial charge in [-0.25, -0.2) is 4.98 Å². The van der Waals surface area contributed by atoms with Gasteiger partial charge >= 0.3 is 0 Å². The van der Waals surface area contributed by atoms with Gasteiger partial charge in [-0.05, 0) is 35.4 Å². The lowest BCUT2D eigenvalue weighted by atomic mass is 10.1. The molecule has 168 valence electrons. The number of nitrogens with zero attached hydrogens (tertiary/aromatic N) is 3. The molecule has 5 heteroatoms. The molecule has 0 radical (unpaired) electrons. The first-order valence-electron chi connectivity index (χ1n) is 11.4. The molecule has 0 saturated heterocycles. The summed E-state index contributed by atoms with van der Waals surface area (Å²) in [7, 11) is 1.65. The molecule has 4 aromatic rings. The van der Waals surface area contributed by atoms with Crippen LogP contribution in [0.15, 0.2) is 84.9 Å². The highest BCUT2D eigenvalue weighted by atomic mass is 16.5. The summed E-state index contributed by atoms with van der Waals surface area (Å²) in [6.45, 7) is 2.21. The number of β-amino-alcohol motifs (C(OH)–C–C–N with tert-alkyl or cyclic N) is 1. The molecule has 1 aliphatic heterocycles. The second kappa shape index (κ2) is 9.61. The number of aromatic nitrogens is 2. The molecule has 1 aliphatic rings. The van der Waals surface area contributed by atoms with Crippen LogP contribution in [0.4, 0.5) is 0 Å². The van der Waals surface area contributed by atoms with Gasteiger partial charge in [0.25, 0.3) is 0 Å². The van der Waals surface area contributed by atoms with E-state index in [4.69, 9.17) is 9.72 Å². The fourth-order valence-corrected chi connectivity index (χ4v) is 4.60. The van der Waals surface area contributed by atoms with Crippen molar-refractivity contribution < 1.29 is 9.84 Å². The Balaban J connectivity index is 1.39. The van der Waals surface area contributed by atoms with E-state index in [2.05, 4.69) is 58.0 Å². The third kappa shape index (κ3) is 4.70. The van der Waals surface area contributed by atoms with Gasteiger partial charge in [-0.1, -0.05) is 60.7 Å². The van der Waals surface area contributed by atoms with Crippen LogP contribution in [0.3, 0.4) is 0 Å². The number of hydrogen-bond donors (Lipinski definition) is 1. The van der Waals surface area contributed by atoms with Crippen LogP contribution in [-0.2, 0) is 19.4 Å². The number of para-hydroxylation sites is 1. The molecule has 1 N–H and O–H groups in total. The Bertz CT molecular complexity index is 1190. The average molecular weight is 440 g/mol. The number of benzene rings is 3. The number of aliphatic hydroxyl groups is 1. The summed E-state index contributed by atoms with van der Waals surface area (Å²) < 4.78 is 7.56. The maximum Gasteiger partial charge on any atom is 0.118 e. The summed E-state index contributed by atoms with van der Waals surface area (Å²) in [5.74, 6) is 1.86. The molecule has 0 aliphatic carbocycles. The van der Waals surface area contributed by atoms with Crippen molar-refractivity contribution in [2.45, 2.75) is 25.5 Å². The minimum Gasteiger partial charge on any atom is -0.497 e. The van der Waals surface area contributed by atoms with Crippen molar-refractivity contribution in [3.63, 3.8) is 0 Å². The smallest absolute Gasteiger partial charge is 0.118 e. The Hall–Kier alpha value is -3.41. The lowest BCUT2D eigenvalue weighted by Gasteiger charge is -2.29. The van der Waals surface area contributed by atoms with E-state index in [1.54, 1.807) is 7.11 Å². The number of rotatable bonds is 7. The molecule has 3 aromatic carbocycles. The van der Waals surface area contributed by atoms with Gasteiger partial charge < -0.3 is 14.4 Å². The first kappa shape index (κ1) is 21.4. The number of fused-ring (bicyclic) bond motifs is 1. The van der Waals surface area contributed by atoms with Gasteiger partial charge in [0.15, 0.2) is 0 Å². The number of ether oxygens (including phenoxy) is 1. The van der Waals surface area contributed by atoms with Crippen LogP contribution < -0.4 is 4.74 Å². The van der Waals surface area contributed by atoms with Crippen LogP contribution in [0.1, 0.15) is 34.4 Å². The molecule has 5 rings (SSSR count). The van der Waals surface area contributed by atoms with E-state index in [0.717, 1.165) is 54.4 Å². The molecule has 5 nitrogen and oxygen atoms in total. The van der Waals surface area contributed by atoms with Gasteiger partial charge in [0.2, 0.25) is 0 Å². The van der Waals surface area contributed by atoms with E-state index in [1.165, 1.54) is 11.3 Å². The van der Waals surface area contributed by atoms with E-state index in [1.807, 2.05) is 36.4 Å². The van der Waals surface area contributed by atoms with Gasteiger partial charge in [0.05, 0.1) is 18.9 Å². The van der Waals surface area contributed by atoms with Crippen LogP contribution in [-0.4, -0.2) is 39.8 Å². The number of aliphatic hydroxyl groups excluding tert-OH is 1. The van der Waals surface area contributed by atoms with Crippen molar-refractivity contribution in [1.82, 2.24) is 14.5 Å². The van der Waals surface area contributed by atoms with E-state index >= 15 is 0 Å². The molecule has 1 aromatic heterocycles. The predicted molar refractivity (Wildman–Crippen MR) is 130 cm³/mol. The topological polar surface area (TPSA) is 50.5 Å². The zero-order valence-corrected chi connectivity index (χ0v) is 18.9. The van der Waals surface area contributed by atoms with Gasteiger partial charge in [-0.15, -0.1) is 0 Å². The Kier molecular flexibility index (Phi) is 6.24. The molecular formula is C28H29N3O2. The quantitative estimate of drug-likeness (QED) is 0.459. The molecule has 0 spiro atoms. The standard InChI is InChI=1S/C28H29N3O2/c1-33-24-14-12-22(13-15-24)27(32)20-30-17-16-26-25(19-30)29-28(18-21-8-4-2-5-9-21)31(26)23-10-6-3-7-11-23/h2-15,27,32H,16-20H2,1H3/t27-/m0/s1. The molecule has 0 saturated carbocycles. The van der Waals surface area contributed by atoms with E-state index in [0.29, 0.717) is 6.54 Å². The summed E-state index contributed by atoms with van der Waals surface area (Å²) in [5, 5.41) is 10.8. The average Bonchev–Trinajstić information content (AvgIpc) is 3.22. The Morgan fingerprint density at radius 3 is 2.33 bits per heavy atom. The summed E-state index contributed by atoms with van der Waals surface area (Å²) in [5.41, 5.74) is 5.70. The van der Waals surface area contributed by atoms with Crippen molar-refractivity contribution in [2.24, 2.45) is 0 Å². The van der Waals surface area contributed by atoms with Crippen LogP contribution >= 0.6 is 0 Å². The molecule has 0 unspecified atom stereocenters. The zero-order valence-electron chi connectivity index (χ0n) is 18.9. The van der Waals surface area contributed by atoms with E-state index < -0.39 is 6.10 Å². The first-order valence-corrected chi connectivity index (χ1v) is 11.4. The minimum absolute atomic E-state index is 0.544. The van der Waals surface area contributed by atoms with Crippen molar-refractivity contribution in [3.05, 3.63) is 113 Å². The molecular weight excluding hydrogens is 410 g/mol. The minimum atomic E-state index is -0.544.